The maximum absolute atomic E-state index is 11.2. The zero-order valence-electron chi connectivity index (χ0n) is 10.6. The Balaban J connectivity index is 3.79. The van der Waals surface area contributed by atoms with Crippen LogP contribution in [-0.2, 0) is 9.84 Å². The molecule has 0 aromatic heterocycles. The molecule has 1 atom stereocenters. The molecule has 0 saturated carbocycles. The lowest BCUT2D eigenvalue weighted by atomic mass is 10.0. The van der Waals surface area contributed by atoms with Crippen LogP contribution in [0, 0.1) is 5.92 Å². The molecule has 5 heteroatoms. The Morgan fingerprint density at radius 2 is 1.94 bits per heavy atom. The standard InChI is InChI=1S/C11H25NO3S/c1-4-16(14,15)9-5-7-12-11(6-8-13)10(2)3/h10-13H,4-9H2,1-3H3. The minimum Gasteiger partial charge on any atom is -0.396 e. The molecule has 16 heavy (non-hydrogen) atoms. The van der Waals surface area contributed by atoms with E-state index >= 15 is 0 Å². The van der Waals surface area contributed by atoms with Crippen LogP contribution in [0.5, 0.6) is 0 Å². The Morgan fingerprint density at radius 1 is 1.31 bits per heavy atom. The molecule has 0 bridgehead atoms. The van der Waals surface area contributed by atoms with E-state index in [1.165, 1.54) is 0 Å². The second-order valence-electron chi connectivity index (χ2n) is 4.41. The topological polar surface area (TPSA) is 66.4 Å². The number of rotatable bonds is 9. The monoisotopic (exact) mass is 251 g/mol. The van der Waals surface area contributed by atoms with Gasteiger partial charge in [-0.1, -0.05) is 20.8 Å². The van der Waals surface area contributed by atoms with Gasteiger partial charge in [-0.25, -0.2) is 8.42 Å². The van der Waals surface area contributed by atoms with Gasteiger partial charge in [0.05, 0.1) is 5.75 Å². The number of nitrogens with one attached hydrogen (secondary N) is 1. The molecule has 0 radical (unpaired) electrons. The van der Waals surface area contributed by atoms with Crippen molar-refractivity contribution in [3.8, 4) is 0 Å². The van der Waals surface area contributed by atoms with Gasteiger partial charge in [0, 0.05) is 18.4 Å². The zero-order chi connectivity index (χ0) is 12.6. The van der Waals surface area contributed by atoms with Crippen molar-refractivity contribution in [2.24, 2.45) is 5.92 Å². The van der Waals surface area contributed by atoms with Crippen LogP contribution in [0.1, 0.15) is 33.6 Å². The SMILES string of the molecule is CCS(=O)(=O)CCCNC(CCO)C(C)C. The first kappa shape index (κ1) is 15.9. The average Bonchev–Trinajstić information content (AvgIpc) is 2.22. The Labute approximate surface area is 99.4 Å². The molecule has 0 aromatic rings. The molecular weight excluding hydrogens is 226 g/mol. The molecule has 0 aliphatic heterocycles. The van der Waals surface area contributed by atoms with Gasteiger partial charge in [0.2, 0.25) is 0 Å². The van der Waals surface area contributed by atoms with Crippen molar-refractivity contribution in [1.29, 1.82) is 0 Å². The summed E-state index contributed by atoms with van der Waals surface area (Å²) in [6.07, 6.45) is 1.36. The first-order valence-electron chi connectivity index (χ1n) is 5.97. The van der Waals surface area contributed by atoms with E-state index in [1.807, 2.05) is 0 Å². The van der Waals surface area contributed by atoms with Crippen molar-refractivity contribution < 1.29 is 13.5 Å². The number of aliphatic hydroxyl groups is 1. The minimum atomic E-state index is -2.84. The second-order valence-corrected chi connectivity index (χ2v) is 6.88. The van der Waals surface area contributed by atoms with E-state index in [4.69, 9.17) is 5.11 Å². The van der Waals surface area contributed by atoms with E-state index in [2.05, 4.69) is 19.2 Å². The van der Waals surface area contributed by atoms with E-state index in [1.54, 1.807) is 6.92 Å². The van der Waals surface area contributed by atoms with Crippen LogP contribution in [0.4, 0.5) is 0 Å². The van der Waals surface area contributed by atoms with Crippen molar-refractivity contribution >= 4 is 9.84 Å². The molecule has 2 N–H and O–H groups in total. The molecule has 4 nitrogen and oxygen atoms in total. The zero-order valence-corrected chi connectivity index (χ0v) is 11.4. The van der Waals surface area contributed by atoms with Crippen molar-refractivity contribution in [2.75, 3.05) is 24.7 Å². The summed E-state index contributed by atoms with van der Waals surface area (Å²) >= 11 is 0. The second kappa shape index (κ2) is 8.03. The molecule has 0 fully saturated rings. The molecule has 0 aliphatic carbocycles. The highest BCUT2D eigenvalue weighted by atomic mass is 32.2. The third kappa shape index (κ3) is 7.19. The van der Waals surface area contributed by atoms with E-state index in [9.17, 15) is 8.42 Å². The molecule has 98 valence electrons. The van der Waals surface area contributed by atoms with E-state index in [-0.39, 0.29) is 24.2 Å². The smallest absolute Gasteiger partial charge is 0.150 e. The van der Waals surface area contributed by atoms with E-state index in [0.717, 1.165) is 6.42 Å². The summed E-state index contributed by atoms with van der Waals surface area (Å²) in [5.41, 5.74) is 0. The lowest BCUT2D eigenvalue weighted by Crippen LogP contribution is -2.36. The van der Waals surface area contributed by atoms with Crippen LogP contribution in [0.3, 0.4) is 0 Å². The lowest BCUT2D eigenvalue weighted by molar-refractivity contribution is 0.245. The maximum Gasteiger partial charge on any atom is 0.150 e. The normalized spacial score (nSPS) is 14.3. The van der Waals surface area contributed by atoms with Gasteiger partial charge in [0.1, 0.15) is 9.84 Å². The van der Waals surface area contributed by atoms with Gasteiger partial charge in [-0.05, 0) is 25.3 Å². The van der Waals surface area contributed by atoms with Gasteiger partial charge in [0.15, 0.2) is 0 Å². The molecule has 1 unspecified atom stereocenters. The first-order chi connectivity index (χ1) is 7.43. The van der Waals surface area contributed by atoms with Crippen molar-refractivity contribution in [3.05, 3.63) is 0 Å². The summed E-state index contributed by atoms with van der Waals surface area (Å²) in [6.45, 7) is 6.73. The minimum absolute atomic E-state index is 0.170. The fourth-order valence-electron chi connectivity index (χ4n) is 1.53. The summed E-state index contributed by atoms with van der Waals surface area (Å²) in [5, 5.41) is 12.2. The van der Waals surface area contributed by atoms with Gasteiger partial charge in [-0.3, -0.25) is 0 Å². The van der Waals surface area contributed by atoms with Crippen LogP contribution in [0.25, 0.3) is 0 Å². The van der Waals surface area contributed by atoms with Crippen LogP contribution in [-0.4, -0.2) is 44.2 Å². The van der Waals surface area contributed by atoms with Crippen LogP contribution < -0.4 is 5.32 Å². The highest BCUT2D eigenvalue weighted by Crippen LogP contribution is 2.05. The van der Waals surface area contributed by atoms with Crippen LogP contribution in [0.15, 0.2) is 0 Å². The molecule has 0 amide bonds. The summed E-state index contributed by atoms with van der Waals surface area (Å²) in [6, 6.07) is 0.273. The Morgan fingerprint density at radius 3 is 2.38 bits per heavy atom. The highest BCUT2D eigenvalue weighted by molar-refractivity contribution is 7.91. The predicted molar refractivity (Wildman–Crippen MR) is 67.3 cm³/mol. The summed E-state index contributed by atoms with van der Waals surface area (Å²) in [7, 11) is -2.84. The number of aliphatic hydroxyl groups excluding tert-OH is 1. The van der Waals surface area contributed by atoms with Gasteiger partial charge < -0.3 is 10.4 Å². The summed E-state index contributed by atoms with van der Waals surface area (Å²) < 4.78 is 22.5. The third-order valence-corrected chi connectivity index (χ3v) is 4.51. The molecule has 0 aliphatic rings. The molecule has 0 aromatic carbocycles. The average molecular weight is 251 g/mol. The third-order valence-electron chi connectivity index (χ3n) is 2.72. The van der Waals surface area contributed by atoms with Crippen LogP contribution in [0.2, 0.25) is 0 Å². The summed E-state index contributed by atoms with van der Waals surface area (Å²) in [4.78, 5) is 0. The Kier molecular flexibility index (Phi) is 7.97. The first-order valence-corrected chi connectivity index (χ1v) is 7.79. The number of hydrogen-bond donors (Lipinski definition) is 2. The van der Waals surface area contributed by atoms with Gasteiger partial charge >= 0.3 is 0 Å². The van der Waals surface area contributed by atoms with Crippen molar-refractivity contribution in [2.45, 2.75) is 39.7 Å². The van der Waals surface area contributed by atoms with Gasteiger partial charge in [-0.2, -0.15) is 0 Å². The number of sulfone groups is 1. The maximum atomic E-state index is 11.2. The van der Waals surface area contributed by atoms with Crippen molar-refractivity contribution in [3.63, 3.8) is 0 Å². The fraction of sp³-hybridized carbons (Fsp3) is 1.00. The van der Waals surface area contributed by atoms with Gasteiger partial charge in [0.25, 0.3) is 0 Å². The Hall–Kier alpha value is -0.130. The molecule has 0 rings (SSSR count). The number of hydrogen-bond acceptors (Lipinski definition) is 4. The summed E-state index contributed by atoms with van der Waals surface area (Å²) in [5.74, 6) is 0.924. The van der Waals surface area contributed by atoms with Crippen LogP contribution >= 0.6 is 0 Å². The highest BCUT2D eigenvalue weighted by Gasteiger charge is 2.12. The van der Waals surface area contributed by atoms with Crippen molar-refractivity contribution in [1.82, 2.24) is 5.32 Å². The molecular formula is C11H25NO3S. The Bertz CT molecular complexity index is 262. The van der Waals surface area contributed by atoms with Gasteiger partial charge in [-0.15, -0.1) is 0 Å². The molecule has 0 heterocycles. The van der Waals surface area contributed by atoms with E-state index in [0.29, 0.717) is 18.9 Å². The molecule has 0 spiro atoms. The quantitative estimate of drug-likeness (QED) is 0.595. The van der Waals surface area contributed by atoms with E-state index < -0.39 is 9.84 Å². The largest absolute Gasteiger partial charge is 0.396 e. The molecule has 0 saturated heterocycles. The fourth-order valence-corrected chi connectivity index (χ4v) is 2.41. The lowest BCUT2D eigenvalue weighted by Gasteiger charge is -2.21. The predicted octanol–water partition coefficient (Wildman–Crippen LogP) is 0.808.